The van der Waals surface area contributed by atoms with Crippen molar-refractivity contribution >= 4 is 33.4 Å². The number of hydrogen-bond donors (Lipinski definition) is 1. The van der Waals surface area contributed by atoms with Gasteiger partial charge in [0.1, 0.15) is 5.60 Å². The maximum Gasteiger partial charge on any atom is 0.410 e. The van der Waals surface area contributed by atoms with Crippen molar-refractivity contribution in [2.45, 2.75) is 38.4 Å². The molecule has 6 heteroatoms. The molecule has 2 atom stereocenters. The SMILES string of the molecule is CC(C)(C)OC(=O)N1CC(O)C(c2cscc2Br)C1. The first kappa shape index (κ1) is 14.8. The summed E-state index contributed by atoms with van der Waals surface area (Å²) in [5.74, 6) is -0.0480. The molecule has 19 heavy (non-hydrogen) atoms. The van der Waals surface area contributed by atoms with E-state index < -0.39 is 11.7 Å². The lowest BCUT2D eigenvalue weighted by Gasteiger charge is -2.24. The van der Waals surface area contributed by atoms with Crippen LogP contribution >= 0.6 is 27.3 Å². The molecule has 2 heterocycles. The maximum absolute atomic E-state index is 12.0. The Labute approximate surface area is 125 Å². The summed E-state index contributed by atoms with van der Waals surface area (Å²) in [6.07, 6.45) is -0.904. The highest BCUT2D eigenvalue weighted by Gasteiger charge is 2.37. The van der Waals surface area contributed by atoms with Crippen molar-refractivity contribution in [3.8, 4) is 0 Å². The maximum atomic E-state index is 12.0. The summed E-state index contributed by atoms with van der Waals surface area (Å²) >= 11 is 5.06. The summed E-state index contributed by atoms with van der Waals surface area (Å²) in [5, 5.41) is 14.1. The first-order valence-electron chi connectivity index (χ1n) is 6.15. The fourth-order valence-electron chi connectivity index (χ4n) is 2.12. The topological polar surface area (TPSA) is 49.8 Å². The first-order valence-corrected chi connectivity index (χ1v) is 7.89. The summed E-state index contributed by atoms with van der Waals surface area (Å²) in [5.41, 5.74) is 0.548. The van der Waals surface area contributed by atoms with E-state index >= 15 is 0 Å². The van der Waals surface area contributed by atoms with Crippen molar-refractivity contribution in [1.29, 1.82) is 0 Å². The number of hydrogen-bond acceptors (Lipinski definition) is 4. The molecule has 0 saturated carbocycles. The molecular formula is C13H18BrNO3S. The number of rotatable bonds is 1. The normalized spacial score (nSPS) is 23.7. The molecule has 1 aromatic rings. The van der Waals surface area contributed by atoms with Gasteiger partial charge in [0, 0.05) is 22.3 Å². The van der Waals surface area contributed by atoms with Crippen molar-refractivity contribution in [3.05, 3.63) is 20.8 Å². The molecule has 1 aliphatic rings. The van der Waals surface area contributed by atoms with Crippen molar-refractivity contribution in [2.75, 3.05) is 13.1 Å². The average molecular weight is 348 g/mol. The van der Waals surface area contributed by atoms with Crippen molar-refractivity contribution in [1.82, 2.24) is 4.90 Å². The highest BCUT2D eigenvalue weighted by molar-refractivity contribution is 9.10. The van der Waals surface area contributed by atoms with Gasteiger partial charge in [0.05, 0.1) is 12.6 Å². The number of thiophene rings is 1. The summed E-state index contributed by atoms with van der Waals surface area (Å²) in [7, 11) is 0. The molecule has 2 unspecified atom stereocenters. The van der Waals surface area contributed by atoms with Crippen LogP contribution in [0.15, 0.2) is 15.2 Å². The molecule has 1 N–H and O–H groups in total. The molecule has 1 aromatic heterocycles. The third-order valence-corrected chi connectivity index (χ3v) is 4.73. The molecule has 0 aliphatic carbocycles. The van der Waals surface area contributed by atoms with Gasteiger partial charge in [-0.05, 0) is 47.6 Å². The highest BCUT2D eigenvalue weighted by Crippen LogP contribution is 2.35. The summed E-state index contributed by atoms with van der Waals surface area (Å²) in [4.78, 5) is 13.6. The Morgan fingerprint density at radius 1 is 1.47 bits per heavy atom. The second-order valence-corrected chi connectivity index (χ2v) is 7.33. The number of aliphatic hydroxyl groups excluding tert-OH is 1. The number of aliphatic hydroxyl groups is 1. The van der Waals surface area contributed by atoms with E-state index in [0.29, 0.717) is 13.1 Å². The molecule has 1 aliphatic heterocycles. The number of halogens is 1. The van der Waals surface area contributed by atoms with E-state index in [-0.39, 0.29) is 12.0 Å². The van der Waals surface area contributed by atoms with Crippen LogP contribution in [0, 0.1) is 0 Å². The van der Waals surface area contributed by atoms with E-state index in [9.17, 15) is 9.90 Å². The minimum atomic E-state index is -0.543. The van der Waals surface area contributed by atoms with Crippen molar-refractivity contribution < 1.29 is 14.6 Å². The zero-order chi connectivity index (χ0) is 14.2. The average Bonchev–Trinajstić information content (AvgIpc) is 2.82. The quantitative estimate of drug-likeness (QED) is 0.848. The monoisotopic (exact) mass is 347 g/mol. The molecular weight excluding hydrogens is 330 g/mol. The fourth-order valence-corrected chi connectivity index (χ4v) is 3.78. The van der Waals surface area contributed by atoms with Gasteiger partial charge in [0.15, 0.2) is 0 Å². The van der Waals surface area contributed by atoms with Crippen LogP contribution in [0.1, 0.15) is 32.3 Å². The Hall–Kier alpha value is -0.590. The minimum Gasteiger partial charge on any atom is -0.444 e. The standard InChI is InChI=1S/C13H18BrNO3S/c1-13(2,3)18-12(17)15-4-8(11(16)5-15)9-6-19-7-10(9)14/h6-8,11,16H,4-5H2,1-3H3. The van der Waals surface area contributed by atoms with Crippen LogP contribution in [0.3, 0.4) is 0 Å². The number of likely N-dealkylation sites (tertiary alicyclic amines) is 1. The van der Waals surface area contributed by atoms with E-state index in [1.54, 1.807) is 16.2 Å². The van der Waals surface area contributed by atoms with Gasteiger partial charge >= 0.3 is 6.09 Å². The molecule has 106 valence electrons. The van der Waals surface area contributed by atoms with Gasteiger partial charge in [0.2, 0.25) is 0 Å². The van der Waals surface area contributed by atoms with Crippen LogP contribution in [-0.4, -0.2) is 40.9 Å². The molecule has 1 saturated heterocycles. The van der Waals surface area contributed by atoms with Gasteiger partial charge in [-0.1, -0.05) is 0 Å². The second-order valence-electron chi connectivity index (χ2n) is 5.73. The lowest BCUT2D eigenvalue weighted by Crippen LogP contribution is -2.35. The van der Waals surface area contributed by atoms with Crippen molar-refractivity contribution in [2.24, 2.45) is 0 Å². The van der Waals surface area contributed by atoms with Gasteiger partial charge in [0.25, 0.3) is 0 Å². The highest BCUT2D eigenvalue weighted by atomic mass is 79.9. The van der Waals surface area contributed by atoms with E-state index in [1.807, 2.05) is 31.5 Å². The van der Waals surface area contributed by atoms with Gasteiger partial charge in [-0.25, -0.2) is 4.79 Å². The number of ether oxygens (including phenoxy) is 1. The molecule has 0 aromatic carbocycles. The van der Waals surface area contributed by atoms with E-state index in [0.717, 1.165) is 10.0 Å². The zero-order valence-electron chi connectivity index (χ0n) is 11.2. The number of carbonyl (C=O) groups excluding carboxylic acids is 1. The van der Waals surface area contributed by atoms with Crippen LogP contribution in [0.5, 0.6) is 0 Å². The second kappa shape index (κ2) is 5.42. The van der Waals surface area contributed by atoms with Crippen LogP contribution in [0.4, 0.5) is 4.79 Å². The van der Waals surface area contributed by atoms with Crippen LogP contribution in [0.2, 0.25) is 0 Å². The van der Waals surface area contributed by atoms with Gasteiger partial charge in [-0.3, -0.25) is 0 Å². The van der Waals surface area contributed by atoms with E-state index in [1.165, 1.54) is 0 Å². The minimum absolute atomic E-state index is 0.0480. The Morgan fingerprint density at radius 2 is 2.16 bits per heavy atom. The number of nitrogens with zero attached hydrogens (tertiary/aromatic N) is 1. The lowest BCUT2D eigenvalue weighted by molar-refractivity contribution is 0.0270. The largest absolute Gasteiger partial charge is 0.444 e. The molecule has 0 spiro atoms. The van der Waals surface area contributed by atoms with Crippen LogP contribution < -0.4 is 0 Å². The van der Waals surface area contributed by atoms with Crippen molar-refractivity contribution in [3.63, 3.8) is 0 Å². The lowest BCUT2D eigenvalue weighted by atomic mass is 9.99. The third-order valence-electron chi connectivity index (χ3n) is 2.98. The molecule has 4 nitrogen and oxygen atoms in total. The predicted molar refractivity (Wildman–Crippen MR) is 78.6 cm³/mol. The predicted octanol–water partition coefficient (Wildman–Crippen LogP) is 3.21. The summed E-state index contributed by atoms with van der Waals surface area (Å²) in [6, 6.07) is 0. The number of carbonyl (C=O) groups is 1. The van der Waals surface area contributed by atoms with E-state index in [2.05, 4.69) is 15.9 Å². The third kappa shape index (κ3) is 3.49. The molecule has 1 fully saturated rings. The smallest absolute Gasteiger partial charge is 0.410 e. The summed E-state index contributed by atoms with van der Waals surface area (Å²) in [6.45, 7) is 6.33. The number of amides is 1. The Balaban J connectivity index is 2.06. The molecule has 1 amide bonds. The zero-order valence-corrected chi connectivity index (χ0v) is 13.6. The Bertz CT molecular complexity index is 469. The van der Waals surface area contributed by atoms with Gasteiger partial charge in [-0.2, -0.15) is 11.3 Å². The molecule has 0 bridgehead atoms. The van der Waals surface area contributed by atoms with Gasteiger partial charge < -0.3 is 14.7 Å². The van der Waals surface area contributed by atoms with Gasteiger partial charge in [-0.15, -0.1) is 0 Å². The summed E-state index contributed by atoms with van der Waals surface area (Å²) < 4.78 is 6.33. The van der Waals surface area contributed by atoms with E-state index in [4.69, 9.17) is 4.74 Å². The fraction of sp³-hybridized carbons (Fsp3) is 0.615. The Kier molecular flexibility index (Phi) is 4.23. The Morgan fingerprint density at radius 3 is 2.68 bits per heavy atom. The van der Waals surface area contributed by atoms with Crippen LogP contribution in [-0.2, 0) is 4.74 Å². The number of β-amino-alcohol motifs (C(OH)–C–C–N with tert-alkyl or cyclic N) is 1. The van der Waals surface area contributed by atoms with Crippen LogP contribution in [0.25, 0.3) is 0 Å². The first-order chi connectivity index (χ1) is 8.78. The molecule has 0 radical (unpaired) electrons. The molecule has 2 rings (SSSR count).